The van der Waals surface area contributed by atoms with Gasteiger partial charge in [-0.3, -0.25) is 0 Å². The molecule has 2 rings (SSSR count). The monoisotopic (exact) mass is 305 g/mol. The Labute approximate surface area is 116 Å². The minimum absolute atomic E-state index is 0.0186. The molecule has 0 saturated carbocycles. The van der Waals surface area contributed by atoms with Crippen LogP contribution in [-0.2, 0) is 9.84 Å². The van der Waals surface area contributed by atoms with E-state index >= 15 is 0 Å². The Bertz CT molecular complexity index is 581. The Morgan fingerprint density at radius 2 is 1.90 bits per heavy atom. The number of ether oxygens (including phenoxy) is 1. The van der Waals surface area contributed by atoms with Crippen molar-refractivity contribution in [3.8, 4) is 5.75 Å². The molecule has 4 nitrogen and oxygen atoms in total. The fraction of sp³-hybridized carbons (Fsp3) is 0.538. The molecular weight excluding hydrogens is 288 g/mol. The average Bonchev–Trinajstić information content (AvgIpc) is 2.36. The Morgan fingerprint density at radius 3 is 2.40 bits per heavy atom. The summed E-state index contributed by atoms with van der Waals surface area (Å²) in [6.45, 7) is 0. The largest absolute Gasteiger partial charge is 0.497 e. The predicted octanol–water partition coefficient (Wildman–Crippen LogP) is 1.94. The van der Waals surface area contributed by atoms with Crippen molar-refractivity contribution < 1.29 is 21.9 Å². The standard InChI is InChI=1S/C13H17F2NO3S/c1-19-8-6-9(14)12(10(15)7-8)13(16)11-4-2-3-5-20(11,17)18/h6-7,11,13H,2-5,16H2,1H3. The van der Waals surface area contributed by atoms with Crippen molar-refractivity contribution in [3.05, 3.63) is 29.3 Å². The number of rotatable bonds is 3. The summed E-state index contributed by atoms with van der Waals surface area (Å²) in [7, 11) is -2.12. The van der Waals surface area contributed by atoms with Gasteiger partial charge in [0.1, 0.15) is 17.4 Å². The molecule has 7 heteroatoms. The van der Waals surface area contributed by atoms with Gasteiger partial charge >= 0.3 is 0 Å². The van der Waals surface area contributed by atoms with Crippen molar-refractivity contribution in [3.63, 3.8) is 0 Å². The summed E-state index contributed by atoms with van der Waals surface area (Å²) in [6.07, 6.45) is 1.59. The Hall–Kier alpha value is -1.21. The van der Waals surface area contributed by atoms with Crippen LogP contribution in [0.1, 0.15) is 30.9 Å². The number of methoxy groups -OCH3 is 1. The maximum absolute atomic E-state index is 14.0. The quantitative estimate of drug-likeness (QED) is 0.926. The highest BCUT2D eigenvalue weighted by molar-refractivity contribution is 7.92. The molecule has 0 bridgehead atoms. The third-order valence-corrected chi connectivity index (χ3v) is 5.96. The van der Waals surface area contributed by atoms with Crippen LogP contribution in [0.15, 0.2) is 12.1 Å². The summed E-state index contributed by atoms with van der Waals surface area (Å²) in [5.41, 5.74) is 5.45. The second-order valence-corrected chi connectivity index (χ2v) is 7.27. The third-order valence-electron chi connectivity index (χ3n) is 3.65. The van der Waals surface area contributed by atoms with Crippen molar-refractivity contribution in [2.75, 3.05) is 12.9 Å². The van der Waals surface area contributed by atoms with Gasteiger partial charge in [0, 0.05) is 17.7 Å². The van der Waals surface area contributed by atoms with E-state index in [9.17, 15) is 17.2 Å². The van der Waals surface area contributed by atoms with Crippen LogP contribution in [0, 0.1) is 11.6 Å². The first-order valence-corrected chi connectivity index (χ1v) is 8.08. The van der Waals surface area contributed by atoms with E-state index in [1.165, 1.54) is 7.11 Å². The highest BCUT2D eigenvalue weighted by Crippen LogP contribution is 2.33. The molecule has 1 aliphatic heterocycles. The van der Waals surface area contributed by atoms with E-state index < -0.39 is 32.8 Å². The van der Waals surface area contributed by atoms with E-state index in [4.69, 9.17) is 10.5 Å². The van der Waals surface area contributed by atoms with Gasteiger partial charge in [0.2, 0.25) is 0 Å². The Balaban J connectivity index is 2.40. The smallest absolute Gasteiger partial charge is 0.155 e. The highest BCUT2D eigenvalue weighted by Gasteiger charge is 2.36. The minimum Gasteiger partial charge on any atom is -0.497 e. The van der Waals surface area contributed by atoms with Crippen LogP contribution >= 0.6 is 0 Å². The second-order valence-electron chi connectivity index (χ2n) is 4.93. The molecule has 1 fully saturated rings. The maximum Gasteiger partial charge on any atom is 0.155 e. The lowest BCUT2D eigenvalue weighted by Gasteiger charge is -2.28. The predicted molar refractivity (Wildman–Crippen MR) is 71.3 cm³/mol. The molecule has 0 radical (unpaired) electrons. The number of sulfone groups is 1. The fourth-order valence-corrected chi connectivity index (χ4v) is 4.58. The van der Waals surface area contributed by atoms with Crippen LogP contribution in [0.25, 0.3) is 0 Å². The van der Waals surface area contributed by atoms with Crippen molar-refractivity contribution in [1.82, 2.24) is 0 Å². The van der Waals surface area contributed by atoms with Gasteiger partial charge in [0.15, 0.2) is 9.84 Å². The van der Waals surface area contributed by atoms with Crippen LogP contribution in [0.3, 0.4) is 0 Å². The molecule has 0 aliphatic carbocycles. The van der Waals surface area contributed by atoms with Gasteiger partial charge in [-0.25, -0.2) is 17.2 Å². The molecule has 0 spiro atoms. The molecular formula is C13H17F2NO3S. The van der Waals surface area contributed by atoms with Crippen LogP contribution in [-0.4, -0.2) is 26.5 Å². The van der Waals surface area contributed by atoms with Gasteiger partial charge in [-0.05, 0) is 12.8 Å². The molecule has 2 N–H and O–H groups in total. The number of hydrogen-bond donors (Lipinski definition) is 1. The Kier molecular flexibility index (Phi) is 4.29. The van der Waals surface area contributed by atoms with Crippen molar-refractivity contribution in [2.24, 2.45) is 5.73 Å². The highest BCUT2D eigenvalue weighted by atomic mass is 32.2. The summed E-state index contributed by atoms with van der Waals surface area (Å²) in [5, 5.41) is -0.936. The number of nitrogens with two attached hydrogens (primary N) is 1. The number of halogens is 2. The molecule has 1 aromatic carbocycles. The molecule has 20 heavy (non-hydrogen) atoms. The summed E-state index contributed by atoms with van der Waals surface area (Å²) < 4.78 is 56.7. The first-order valence-electron chi connectivity index (χ1n) is 6.37. The lowest BCUT2D eigenvalue weighted by atomic mass is 9.99. The van der Waals surface area contributed by atoms with Crippen LogP contribution in [0.4, 0.5) is 8.78 Å². The molecule has 0 amide bonds. The van der Waals surface area contributed by atoms with E-state index in [1.54, 1.807) is 0 Å². The van der Waals surface area contributed by atoms with Gasteiger partial charge in [-0.1, -0.05) is 6.42 Å². The fourth-order valence-electron chi connectivity index (χ4n) is 2.57. The van der Waals surface area contributed by atoms with Crippen molar-refractivity contribution >= 4 is 9.84 Å². The first kappa shape index (κ1) is 15.2. The molecule has 1 aromatic rings. The molecule has 1 aliphatic rings. The van der Waals surface area contributed by atoms with Gasteiger partial charge in [0.25, 0.3) is 0 Å². The molecule has 2 atom stereocenters. The summed E-state index contributed by atoms with van der Waals surface area (Å²) in [5.74, 6) is -1.71. The summed E-state index contributed by atoms with van der Waals surface area (Å²) in [4.78, 5) is 0. The Morgan fingerprint density at radius 1 is 1.30 bits per heavy atom. The lowest BCUT2D eigenvalue weighted by molar-refractivity contribution is 0.402. The minimum atomic E-state index is -3.41. The normalized spacial score (nSPS) is 23.3. The summed E-state index contributed by atoms with van der Waals surface area (Å²) in [6, 6.07) is 0.813. The lowest BCUT2D eigenvalue weighted by Crippen LogP contribution is -2.38. The van der Waals surface area contributed by atoms with E-state index in [0.717, 1.165) is 12.1 Å². The van der Waals surface area contributed by atoms with E-state index in [2.05, 4.69) is 0 Å². The van der Waals surface area contributed by atoms with E-state index in [0.29, 0.717) is 19.3 Å². The molecule has 0 aromatic heterocycles. The van der Waals surface area contributed by atoms with Crippen LogP contribution < -0.4 is 10.5 Å². The van der Waals surface area contributed by atoms with Crippen LogP contribution in [0.2, 0.25) is 0 Å². The zero-order valence-electron chi connectivity index (χ0n) is 11.1. The second kappa shape index (κ2) is 5.65. The average molecular weight is 305 g/mol. The van der Waals surface area contributed by atoms with Crippen LogP contribution in [0.5, 0.6) is 5.75 Å². The third kappa shape index (κ3) is 2.78. The summed E-state index contributed by atoms with van der Waals surface area (Å²) >= 11 is 0. The number of hydrogen-bond acceptors (Lipinski definition) is 4. The zero-order chi connectivity index (χ0) is 14.9. The van der Waals surface area contributed by atoms with Gasteiger partial charge in [0.05, 0.1) is 24.2 Å². The van der Waals surface area contributed by atoms with Gasteiger partial charge < -0.3 is 10.5 Å². The van der Waals surface area contributed by atoms with Crippen molar-refractivity contribution in [1.29, 1.82) is 0 Å². The number of benzene rings is 1. The molecule has 2 unspecified atom stereocenters. The molecule has 1 heterocycles. The van der Waals surface area contributed by atoms with Crippen molar-refractivity contribution in [2.45, 2.75) is 30.6 Å². The van der Waals surface area contributed by atoms with Gasteiger partial charge in [-0.15, -0.1) is 0 Å². The van der Waals surface area contributed by atoms with E-state index in [1.807, 2.05) is 0 Å². The topological polar surface area (TPSA) is 69.4 Å². The maximum atomic E-state index is 14.0. The molecule has 1 saturated heterocycles. The SMILES string of the molecule is COc1cc(F)c(C(N)C2CCCCS2(=O)=O)c(F)c1. The van der Waals surface area contributed by atoms with Gasteiger partial charge in [-0.2, -0.15) is 0 Å². The first-order chi connectivity index (χ1) is 9.36. The van der Waals surface area contributed by atoms with E-state index in [-0.39, 0.29) is 17.1 Å². The zero-order valence-corrected chi connectivity index (χ0v) is 11.9. The molecule has 112 valence electrons.